The van der Waals surface area contributed by atoms with Crippen LogP contribution in [0.1, 0.15) is 41.4 Å². The maximum atomic E-state index is 13.8. The molecule has 1 aromatic heterocycles. The summed E-state index contributed by atoms with van der Waals surface area (Å²) in [5, 5.41) is 3.67. The van der Waals surface area contributed by atoms with Crippen molar-refractivity contribution in [3.8, 4) is 11.8 Å². The number of nitrogens with one attached hydrogen (secondary N) is 1. The summed E-state index contributed by atoms with van der Waals surface area (Å²) in [6, 6.07) is 7.61. The average Bonchev–Trinajstić information content (AvgIpc) is 3.57. The van der Waals surface area contributed by atoms with Crippen LogP contribution in [0.5, 0.6) is 0 Å². The van der Waals surface area contributed by atoms with E-state index in [0.717, 1.165) is 31.5 Å². The van der Waals surface area contributed by atoms with Gasteiger partial charge in [-0.3, -0.25) is 14.7 Å². The van der Waals surface area contributed by atoms with Gasteiger partial charge in [-0.2, -0.15) is 0 Å². The molecule has 0 unspecified atom stereocenters. The Morgan fingerprint density at radius 3 is 2.69 bits per heavy atom. The number of amides is 1. The molecule has 3 heterocycles. The van der Waals surface area contributed by atoms with Crippen LogP contribution in [0.2, 0.25) is 0 Å². The smallest absolute Gasteiger partial charge is 0.259 e. The van der Waals surface area contributed by atoms with Crippen LogP contribution in [0.4, 0.5) is 5.69 Å². The molecule has 2 aliphatic heterocycles. The number of carbonyl (C=O) groups excluding carboxylic acids is 1. The third kappa shape index (κ3) is 4.93. The van der Waals surface area contributed by atoms with Crippen molar-refractivity contribution < 1.29 is 14.3 Å². The Morgan fingerprint density at radius 1 is 1.25 bits per heavy atom. The first kappa shape index (κ1) is 24.3. The number of nitrogens with zero attached hydrogens (tertiary/aromatic N) is 4. The molecule has 1 saturated carbocycles. The first-order valence-corrected chi connectivity index (χ1v) is 12.3. The summed E-state index contributed by atoms with van der Waals surface area (Å²) in [6.45, 7) is 6.70. The molecule has 0 spiro atoms. The number of fused-ring (bicyclic) bond motifs is 1. The van der Waals surface area contributed by atoms with Crippen LogP contribution in [0.3, 0.4) is 0 Å². The normalized spacial score (nSPS) is 18.4. The zero-order valence-electron chi connectivity index (χ0n) is 20.8. The van der Waals surface area contributed by atoms with Gasteiger partial charge in [0.15, 0.2) is 0 Å². The minimum atomic E-state index is -0.260. The second-order valence-corrected chi connectivity index (χ2v) is 9.64. The zero-order valence-corrected chi connectivity index (χ0v) is 20.8. The van der Waals surface area contributed by atoms with Crippen LogP contribution < -0.4 is 21.8 Å². The lowest BCUT2D eigenvalue weighted by Gasteiger charge is -2.24. The Balaban J connectivity index is 1.59. The third-order valence-corrected chi connectivity index (χ3v) is 6.87. The Bertz CT molecular complexity index is 1350. The van der Waals surface area contributed by atoms with Gasteiger partial charge >= 0.3 is 0 Å². The van der Waals surface area contributed by atoms with E-state index in [1.807, 2.05) is 24.3 Å². The van der Waals surface area contributed by atoms with Gasteiger partial charge in [-0.25, -0.2) is 4.99 Å². The molecule has 2 fully saturated rings. The van der Waals surface area contributed by atoms with Gasteiger partial charge in [0.2, 0.25) is 0 Å². The molecule has 1 saturated heterocycles. The fourth-order valence-corrected chi connectivity index (χ4v) is 4.61. The number of ether oxygens (including phenoxy) is 2. The van der Waals surface area contributed by atoms with Gasteiger partial charge in [-0.15, -0.1) is 0 Å². The number of rotatable bonds is 6. The molecular weight excluding hydrogens is 456 g/mol. The fourth-order valence-electron chi connectivity index (χ4n) is 4.61. The highest BCUT2D eigenvalue weighted by Gasteiger charge is 2.43. The molecule has 0 radical (unpaired) electrons. The van der Waals surface area contributed by atoms with Crippen molar-refractivity contribution in [2.75, 3.05) is 51.8 Å². The van der Waals surface area contributed by atoms with Crippen molar-refractivity contribution in [3.63, 3.8) is 0 Å². The molecule has 5 rings (SSSR count). The van der Waals surface area contributed by atoms with Crippen LogP contribution in [0, 0.1) is 11.8 Å². The second kappa shape index (κ2) is 10.3. The SMILES string of the molecule is COCc1ccc(NC(=O)c2c(C#CCN3CCOCC3)n(C3(C)CC3)c3c2=C(N)CN=CN=3)cc1. The predicted octanol–water partition coefficient (Wildman–Crippen LogP) is 0.808. The standard InChI is InChI=1S/C27H32N6O3/c1-27(9-10-27)33-22(4-3-11-32-12-14-36-15-13-32)24(23-21(28)16-29-18-30-25(23)33)26(34)31-20-7-5-19(6-8-20)17-35-2/h5-8,18H,9-17,28H2,1-2H3,(H,31,34). The van der Waals surface area contributed by atoms with Gasteiger partial charge in [0.05, 0.1) is 43.7 Å². The highest BCUT2D eigenvalue weighted by molar-refractivity contribution is 6.06. The van der Waals surface area contributed by atoms with E-state index in [9.17, 15) is 4.79 Å². The molecule has 9 heteroatoms. The van der Waals surface area contributed by atoms with E-state index in [1.54, 1.807) is 7.11 Å². The number of nitrogens with two attached hydrogens (primary N) is 1. The van der Waals surface area contributed by atoms with Crippen LogP contribution in [0.25, 0.3) is 5.70 Å². The highest BCUT2D eigenvalue weighted by atomic mass is 16.5. The van der Waals surface area contributed by atoms with E-state index in [2.05, 4.69) is 43.5 Å². The number of hydrogen-bond donors (Lipinski definition) is 2. The lowest BCUT2D eigenvalue weighted by Crippen LogP contribution is -2.39. The number of aliphatic imine (C=N–C) groups is 1. The van der Waals surface area contributed by atoms with Crippen molar-refractivity contribution in [2.24, 2.45) is 15.7 Å². The van der Waals surface area contributed by atoms with E-state index >= 15 is 0 Å². The number of morpholine rings is 1. The second-order valence-electron chi connectivity index (χ2n) is 9.64. The summed E-state index contributed by atoms with van der Waals surface area (Å²) in [7, 11) is 1.66. The quantitative estimate of drug-likeness (QED) is 0.586. The monoisotopic (exact) mass is 488 g/mol. The van der Waals surface area contributed by atoms with E-state index in [1.165, 1.54) is 6.34 Å². The van der Waals surface area contributed by atoms with Crippen LogP contribution in [-0.4, -0.2) is 68.2 Å². The Labute approximate surface area is 210 Å². The summed E-state index contributed by atoms with van der Waals surface area (Å²) in [4.78, 5) is 25.0. The first-order chi connectivity index (χ1) is 17.5. The Morgan fingerprint density at radius 2 is 2.00 bits per heavy atom. The molecular formula is C27H32N6O3. The topological polar surface area (TPSA) is 106 Å². The van der Waals surface area contributed by atoms with E-state index < -0.39 is 0 Å². The number of benzene rings is 1. The highest BCUT2D eigenvalue weighted by Crippen LogP contribution is 2.42. The van der Waals surface area contributed by atoms with Gasteiger partial charge in [0.1, 0.15) is 17.5 Å². The molecule has 9 nitrogen and oxygen atoms in total. The van der Waals surface area contributed by atoms with Gasteiger partial charge in [0, 0.05) is 37.1 Å². The number of carbonyl (C=O) groups is 1. The van der Waals surface area contributed by atoms with Crippen molar-refractivity contribution in [1.29, 1.82) is 0 Å². The van der Waals surface area contributed by atoms with E-state index in [4.69, 9.17) is 15.2 Å². The average molecular weight is 489 g/mol. The van der Waals surface area contributed by atoms with Gasteiger partial charge in [0.25, 0.3) is 5.91 Å². The fraction of sp³-hybridized carbons (Fsp3) is 0.444. The van der Waals surface area contributed by atoms with Crippen molar-refractivity contribution in [2.45, 2.75) is 31.9 Å². The van der Waals surface area contributed by atoms with Crippen molar-refractivity contribution >= 4 is 23.6 Å². The summed E-state index contributed by atoms with van der Waals surface area (Å²) in [5.74, 6) is 6.40. The Hall–Kier alpha value is -3.45. The van der Waals surface area contributed by atoms with Crippen LogP contribution in [-0.2, 0) is 21.6 Å². The van der Waals surface area contributed by atoms with E-state index in [-0.39, 0.29) is 18.0 Å². The van der Waals surface area contributed by atoms with E-state index in [0.29, 0.717) is 59.7 Å². The Kier molecular flexibility index (Phi) is 6.92. The van der Waals surface area contributed by atoms with Gasteiger partial charge < -0.3 is 25.1 Å². The maximum absolute atomic E-state index is 13.8. The third-order valence-electron chi connectivity index (χ3n) is 6.87. The summed E-state index contributed by atoms with van der Waals surface area (Å²) < 4.78 is 12.7. The lowest BCUT2D eigenvalue weighted by atomic mass is 10.1. The predicted molar refractivity (Wildman–Crippen MR) is 138 cm³/mol. The molecule has 188 valence electrons. The summed E-state index contributed by atoms with van der Waals surface area (Å²) in [6.07, 6.45) is 3.50. The minimum absolute atomic E-state index is 0.157. The van der Waals surface area contributed by atoms with Crippen LogP contribution >= 0.6 is 0 Å². The van der Waals surface area contributed by atoms with Crippen LogP contribution in [0.15, 0.2) is 34.3 Å². The molecule has 1 aliphatic carbocycles. The zero-order chi connectivity index (χ0) is 25.1. The largest absolute Gasteiger partial charge is 0.400 e. The molecule has 36 heavy (non-hydrogen) atoms. The molecule has 0 atom stereocenters. The molecule has 1 amide bonds. The number of aromatic nitrogens is 1. The molecule has 3 N–H and O–H groups in total. The molecule has 0 bridgehead atoms. The molecule has 3 aliphatic rings. The van der Waals surface area contributed by atoms with Gasteiger partial charge in [-0.05, 0) is 43.4 Å². The number of methoxy groups -OCH3 is 1. The number of hydrogen-bond acceptors (Lipinski definition) is 7. The van der Waals surface area contributed by atoms with Gasteiger partial charge in [-0.1, -0.05) is 18.1 Å². The summed E-state index contributed by atoms with van der Waals surface area (Å²) >= 11 is 0. The minimum Gasteiger partial charge on any atom is -0.400 e. The molecule has 1 aromatic carbocycles. The lowest BCUT2D eigenvalue weighted by molar-refractivity contribution is 0.0443. The first-order valence-electron chi connectivity index (χ1n) is 12.3. The number of anilines is 1. The summed E-state index contributed by atoms with van der Waals surface area (Å²) in [5.41, 5.74) is 10.3. The van der Waals surface area contributed by atoms with Crippen molar-refractivity contribution in [3.05, 3.63) is 51.8 Å². The molecule has 2 aromatic rings. The maximum Gasteiger partial charge on any atom is 0.259 e. The van der Waals surface area contributed by atoms with Crippen molar-refractivity contribution in [1.82, 2.24) is 9.47 Å².